The minimum atomic E-state index is -4.92. The molecule has 0 aliphatic rings. The smallest absolute Gasteiger partial charge is 0.417 e. The normalized spacial score (nSPS) is 11.9. The predicted octanol–water partition coefficient (Wildman–Crippen LogP) is 4.90. The highest BCUT2D eigenvalue weighted by Gasteiger charge is 2.36. The molecule has 0 N–H and O–H groups in total. The maximum absolute atomic E-state index is 13.2. The summed E-state index contributed by atoms with van der Waals surface area (Å²) < 4.78 is 84.3. The van der Waals surface area contributed by atoms with Crippen molar-refractivity contribution in [3.05, 3.63) is 59.2 Å². The lowest BCUT2D eigenvalue weighted by molar-refractivity contribution is -0.137. The number of anilines is 1. The van der Waals surface area contributed by atoms with Crippen molar-refractivity contribution in [1.82, 2.24) is 15.2 Å². The van der Waals surface area contributed by atoms with Gasteiger partial charge in [0.2, 0.25) is 11.8 Å². The molecular formula is C19H13F6N5O. The number of alkyl halides is 6. The fraction of sp³-hybridized carbons (Fsp3) is 0.263. The predicted molar refractivity (Wildman–Crippen MR) is 95.5 cm³/mol. The molecule has 0 saturated heterocycles. The Bertz CT molecular complexity index is 1100. The van der Waals surface area contributed by atoms with E-state index in [-0.39, 0.29) is 11.8 Å². The Balaban J connectivity index is 1.94. The van der Waals surface area contributed by atoms with Gasteiger partial charge in [0.25, 0.3) is 0 Å². The van der Waals surface area contributed by atoms with Crippen LogP contribution in [0.3, 0.4) is 0 Å². The van der Waals surface area contributed by atoms with Gasteiger partial charge in [-0.1, -0.05) is 0 Å². The molecule has 0 saturated carbocycles. The van der Waals surface area contributed by atoms with Crippen molar-refractivity contribution in [3.63, 3.8) is 0 Å². The van der Waals surface area contributed by atoms with Crippen LogP contribution in [0.1, 0.15) is 22.7 Å². The molecule has 0 unspecified atom stereocenters. The third kappa shape index (κ3) is 5.50. The molecular weight excluding hydrogens is 428 g/mol. The standard InChI is InChI=1S/C19H13F6N5O/c1-11-2-3-13(8-27-11)17-29-28-16(31-17)9-30(10-18(20,21)22)14-5-4-12(7-26)15(6-14)19(23,24)25/h2-6,8H,9-10H2,1H3. The van der Waals surface area contributed by atoms with E-state index in [0.717, 1.165) is 17.8 Å². The summed E-state index contributed by atoms with van der Waals surface area (Å²) in [6, 6.07) is 6.99. The van der Waals surface area contributed by atoms with Gasteiger partial charge in [0.15, 0.2) is 0 Å². The molecule has 0 bridgehead atoms. The molecule has 0 amide bonds. The SMILES string of the molecule is Cc1ccc(-c2nnc(CN(CC(F)(F)F)c3ccc(C#N)c(C(F)(F)F)c3)o2)cn1. The molecule has 3 aromatic rings. The number of rotatable bonds is 5. The van der Waals surface area contributed by atoms with Gasteiger partial charge in [-0.25, -0.2) is 0 Å². The van der Waals surface area contributed by atoms with Gasteiger partial charge in [-0.05, 0) is 37.3 Å². The first-order valence-corrected chi connectivity index (χ1v) is 8.65. The fourth-order valence-electron chi connectivity index (χ4n) is 2.71. The van der Waals surface area contributed by atoms with Crippen LogP contribution in [0.2, 0.25) is 0 Å². The summed E-state index contributed by atoms with van der Waals surface area (Å²) >= 11 is 0. The third-order valence-electron chi connectivity index (χ3n) is 4.12. The van der Waals surface area contributed by atoms with Crippen LogP contribution >= 0.6 is 0 Å². The van der Waals surface area contributed by atoms with E-state index in [2.05, 4.69) is 15.2 Å². The van der Waals surface area contributed by atoms with E-state index in [1.807, 2.05) is 0 Å². The maximum Gasteiger partial charge on any atom is 0.417 e. The minimum Gasteiger partial charge on any atom is -0.419 e. The van der Waals surface area contributed by atoms with Gasteiger partial charge in [-0.15, -0.1) is 10.2 Å². The summed E-state index contributed by atoms with van der Waals surface area (Å²) in [6.45, 7) is -0.417. The quantitative estimate of drug-likeness (QED) is 0.524. The molecule has 12 heteroatoms. The minimum absolute atomic E-state index is 0.00488. The van der Waals surface area contributed by atoms with Crippen molar-refractivity contribution in [2.45, 2.75) is 25.8 Å². The van der Waals surface area contributed by atoms with Gasteiger partial charge in [-0.3, -0.25) is 4.98 Å². The molecule has 0 aliphatic carbocycles. The largest absolute Gasteiger partial charge is 0.419 e. The van der Waals surface area contributed by atoms with Crippen LogP contribution in [0.15, 0.2) is 40.9 Å². The Hall–Kier alpha value is -3.62. The van der Waals surface area contributed by atoms with Crippen molar-refractivity contribution >= 4 is 5.69 Å². The number of aromatic nitrogens is 3. The van der Waals surface area contributed by atoms with Crippen molar-refractivity contribution in [1.29, 1.82) is 5.26 Å². The average Bonchev–Trinajstić information content (AvgIpc) is 3.14. The van der Waals surface area contributed by atoms with E-state index in [4.69, 9.17) is 9.68 Å². The Morgan fingerprint density at radius 3 is 2.39 bits per heavy atom. The number of nitriles is 1. The molecule has 0 radical (unpaired) electrons. The molecule has 0 aliphatic heterocycles. The number of halogens is 6. The van der Waals surface area contributed by atoms with E-state index in [9.17, 15) is 26.3 Å². The molecule has 31 heavy (non-hydrogen) atoms. The van der Waals surface area contributed by atoms with Gasteiger partial charge in [-0.2, -0.15) is 31.6 Å². The van der Waals surface area contributed by atoms with Crippen LogP contribution in [0.25, 0.3) is 11.5 Å². The Kier molecular flexibility index (Phi) is 5.88. The average molecular weight is 441 g/mol. The van der Waals surface area contributed by atoms with Gasteiger partial charge < -0.3 is 9.32 Å². The van der Waals surface area contributed by atoms with E-state index in [1.165, 1.54) is 12.3 Å². The van der Waals surface area contributed by atoms with Gasteiger partial charge >= 0.3 is 12.4 Å². The summed E-state index contributed by atoms with van der Waals surface area (Å²) in [4.78, 5) is 4.66. The molecule has 1 aromatic carbocycles. The number of benzene rings is 1. The number of hydrogen-bond donors (Lipinski definition) is 0. The molecule has 0 atom stereocenters. The van der Waals surface area contributed by atoms with Crippen LogP contribution in [-0.4, -0.2) is 27.9 Å². The van der Waals surface area contributed by atoms with E-state index in [1.54, 1.807) is 19.1 Å². The van der Waals surface area contributed by atoms with Gasteiger partial charge in [0.1, 0.15) is 6.54 Å². The monoisotopic (exact) mass is 441 g/mol. The lowest BCUT2D eigenvalue weighted by Gasteiger charge is -2.25. The van der Waals surface area contributed by atoms with E-state index in [0.29, 0.717) is 16.5 Å². The van der Waals surface area contributed by atoms with Gasteiger partial charge in [0.05, 0.1) is 29.3 Å². The van der Waals surface area contributed by atoms with Crippen molar-refractivity contribution in [3.8, 4) is 17.5 Å². The first-order chi connectivity index (χ1) is 14.5. The summed E-state index contributed by atoms with van der Waals surface area (Å²) in [6.07, 6.45) is -8.20. The molecule has 0 fully saturated rings. The molecule has 3 rings (SSSR count). The summed E-state index contributed by atoms with van der Waals surface area (Å²) in [5.74, 6) is -0.233. The van der Waals surface area contributed by atoms with E-state index >= 15 is 0 Å². The third-order valence-corrected chi connectivity index (χ3v) is 4.12. The number of hydrogen-bond acceptors (Lipinski definition) is 6. The van der Waals surface area contributed by atoms with Crippen LogP contribution in [0.4, 0.5) is 32.0 Å². The number of nitrogens with zero attached hydrogens (tertiary/aromatic N) is 5. The first-order valence-electron chi connectivity index (χ1n) is 8.65. The lowest BCUT2D eigenvalue weighted by Crippen LogP contribution is -2.34. The Labute approximate surface area is 171 Å². The Morgan fingerprint density at radius 1 is 1.06 bits per heavy atom. The second-order valence-corrected chi connectivity index (χ2v) is 6.50. The fourth-order valence-corrected chi connectivity index (χ4v) is 2.71. The number of pyridine rings is 1. The molecule has 162 valence electrons. The number of aryl methyl sites for hydroxylation is 1. The lowest BCUT2D eigenvalue weighted by atomic mass is 10.1. The zero-order valence-electron chi connectivity index (χ0n) is 15.8. The topological polar surface area (TPSA) is 78.8 Å². The van der Waals surface area contributed by atoms with Crippen LogP contribution in [0, 0.1) is 18.3 Å². The maximum atomic E-state index is 13.2. The first kappa shape index (κ1) is 22.1. The summed E-state index contributed by atoms with van der Waals surface area (Å²) in [7, 11) is 0. The van der Waals surface area contributed by atoms with Crippen LogP contribution < -0.4 is 4.90 Å². The molecule has 6 nitrogen and oxygen atoms in total. The Morgan fingerprint density at radius 2 is 1.81 bits per heavy atom. The van der Waals surface area contributed by atoms with Crippen molar-refractivity contribution < 1.29 is 30.8 Å². The molecule has 0 spiro atoms. The highest BCUT2D eigenvalue weighted by atomic mass is 19.4. The summed E-state index contributed by atoms with van der Waals surface area (Å²) in [5.41, 5.74) is -1.28. The van der Waals surface area contributed by atoms with Crippen LogP contribution in [-0.2, 0) is 12.7 Å². The zero-order valence-corrected chi connectivity index (χ0v) is 15.8. The van der Waals surface area contributed by atoms with Crippen LogP contribution in [0.5, 0.6) is 0 Å². The highest BCUT2D eigenvalue weighted by Crippen LogP contribution is 2.35. The molecule has 2 aromatic heterocycles. The van der Waals surface area contributed by atoms with Crippen molar-refractivity contribution in [2.75, 3.05) is 11.4 Å². The zero-order chi connectivity index (χ0) is 22.8. The van der Waals surface area contributed by atoms with Crippen molar-refractivity contribution in [2.24, 2.45) is 0 Å². The second kappa shape index (κ2) is 8.25. The molecule has 2 heterocycles. The second-order valence-electron chi connectivity index (χ2n) is 6.50. The summed E-state index contributed by atoms with van der Waals surface area (Å²) in [5, 5.41) is 16.3. The van der Waals surface area contributed by atoms with E-state index < -0.39 is 42.3 Å². The van der Waals surface area contributed by atoms with Gasteiger partial charge in [0, 0.05) is 17.6 Å². The highest BCUT2D eigenvalue weighted by molar-refractivity contribution is 5.55.